The van der Waals surface area contributed by atoms with E-state index in [9.17, 15) is 4.79 Å². The molecule has 0 saturated carbocycles. The Labute approximate surface area is 212 Å². The minimum Gasteiger partial charge on any atom is -0.493 e. The van der Waals surface area contributed by atoms with Crippen LogP contribution in [0.5, 0.6) is 5.75 Å². The van der Waals surface area contributed by atoms with Crippen molar-refractivity contribution in [2.24, 2.45) is 0 Å². The van der Waals surface area contributed by atoms with Gasteiger partial charge in [0, 0.05) is 30.1 Å². The number of aromatic nitrogens is 2. The number of unbranched alkanes of at least 4 members (excludes halogenated alkanes) is 1. The lowest BCUT2D eigenvalue weighted by Crippen LogP contribution is -2.26. The van der Waals surface area contributed by atoms with Gasteiger partial charge in [-0.25, -0.2) is 4.98 Å². The lowest BCUT2D eigenvalue weighted by atomic mass is 10.0. The van der Waals surface area contributed by atoms with Gasteiger partial charge in [0.25, 0.3) is 5.91 Å². The van der Waals surface area contributed by atoms with Crippen molar-refractivity contribution < 1.29 is 9.53 Å². The molecule has 0 aliphatic heterocycles. The second kappa shape index (κ2) is 11.9. The van der Waals surface area contributed by atoms with Gasteiger partial charge in [-0.15, -0.1) is 0 Å². The van der Waals surface area contributed by atoms with Gasteiger partial charge in [0.1, 0.15) is 11.6 Å². The highest BCUT2D eigenvalue weighted by molar-refractivity contribution is 6.30. The zero-order chi connectivity index (χ0) is 24.6. The molecule has 3 aromatic carbocycles. The molecule has 5 nitrogen and oxygen atoms in total. The maximum atomic E-state index is 12.4. The van der Waals surface area contributed by atoms with Crippen molar-refractivity contribution in [3.63, 3.8) is 0 Å². The molecule has 0 fully saturated rings. The van der Waals surface area contributed by atoms with Crippen molar-refractivity contribution in [2.75, 3.05) is 13.2 Å². The van der Waals surface area contributed by atoms with Gasteiger partial charge in [0.05, 0.1) is 17.6 Å². The normalized spacial score (nSPS) is 11.2. The van der Waals surface area contributed by atoms with Crippen LogP contribution in [0, 0.1) is 0 Å². The molecule has 35 heavy (non-hydrogen) atoms. The Morgan fingerprint density at radius 1 is 1.00 bits per heavy atom. The molecule has 1 heterocycles. The summed E-state index contributed by atoms with van der Waals surface area (Å²) < 4.78 is 8.37. The average molecular weight is 490 g/mol. The monoisotopic (exact) mass is 489 g/mol. The highest BCUT2D eigenvalue weighted by Gasteiger charge is 2.12. The van der Waals surface area contributed by atoms with E-state index in [0.717, 1.165) is 42.0 Å². The van der Waals surface area contributed by atoms with Crippen LogP contribution in [-0.4, -0.2) is 28.6 Å². The van der Waals surface area contributed by atoms with E-state index in [-0.39, 0.29) is 5.91 Å². The number of rotatable bonds is 11. The number of ether oxygens (including phenoxy) is 1. The molecule has 182 valence electrons. The van der Waals surface area contributed by atoms with E-state index in [1.165, 1.54) is 5.56 Å². The predicted molar refractivity (Wildman–Crippen MR) is 142 cm³/mol. The van der Waals surface area contributed by atoms with E-state index < -0.39 is 0 Å². The molecule has 0 unspecified atom stereocenters. The molecule has 1 amide bonds. The van der Waals surface area contributed by atoms with Crippen molar-refractivity contribution >= 4 is 28.5 Å². The fraction of sp³-hybridized carbons (Fsp3) is 0.310. The van der Waals surface area contributed by atoms with Crippen LogP contribution in [0.2, 0.25) is 5.02 Å². The predicted octanol–water partition coefficient (Wildman–Crippen LogP) is 6.64. The van der Waals surface area contributed by atoms with Crippen LogP contribution in [0.3, 0.4) is 0 Å². The first-order chi connectivity index (χ1) is 17.0. The summed E-state index contributed by atoms with van der Waals surface area (Å²) in [6.45, 7) is 6.43. The molecule has 1 N–H and O–H groups in total. The molecular formula is C29H32ClN3O2. The van der Waals surface area contributed by atoms with Crippen LogP contribution in [0.15, 0.2) is 72.8 Å². The summed E-state index contributed by atoms with van der Waals surface area (Å²) in [4.78, 5) is 17.3. The largest absolute Gasteiger partial charge is 0.493 e. The Morgan fingerprint density at radius 2 is 1.74 bits per heavy atom. The molecule has 0 atom stereocenters. The van der Waals surface area contributed by atoms with Crippen molar-refractivity contribution in [2.45, 2.75) is 45.6 Å². The van der Waals surface area contributed by atoms with Gasteiger partial charge < -0.3 is 14.6 Å². The number of hydrogen-bond acceptors (Lipinski definition) is 3. The number of hydrogen-bond donors (Lipinski definition) is 1. The van der Waals surface area contributed by atoms with E-state index in [0.29, 0.717) is 36.1 Å². The van der Waals surface area contributed by atoms with Gasteiger partial charge in [-0.05, 0) is 66.8 Å². The quantitative estimate of drug-likeness (QED) is 0.240. The average Bonchev–Trinajstić information content (AvgIpc) is 3.21. The highest BCUT2D eigenvalue weighted by Crippen LogP contribution is 2.26. The molecule has 0 radical (unpaired) electrons. The SMILES string of the molecule is CC(C)c1ccccc1OCCCCn1c(CCNC(=O)c2ccc(Cl)cc2)nc2ccccc21. The molecule has 0 bridgehead atoms. The number of nitrogens with one attached hydrogen (secondary N) is 1. The first kappa shape index (κ1) is 24.8. The third-order valence-electron chi connectivity index (χ3n) is 6.05. The summed E-state index contributed by atoms with van der Waals surface area (Å²) >= 11 is 5.92. The van der Waals surface area contributed by atoms with Crippen molar-refractivity contribution in [1.82, 2.24) is 14.9 Å². The third-order valence-corrected chi connectivity index (χ3v) is 6.30. The van der Waals surface area contributed by atoms with Crippen LogP contribution in [0.4, 0.5) is 0 Å². The Kier molecular flexibility index (Phi) is 8.43. The molecular weight excluding hydrogens is 458 g/mol. The maximum absolute atomic E-state index is 12.4. The number of carbonyl (C=O) groups excluding carboxylic acids is 1. The number of aryl methyl sites for hydroxylation is 1. The van der Waals surface area contributed by atoms with E-state index in [1.54, 1.807) is 24.3 Å². The molecule has 4 aromatic rings. The molecule has 0 saturated heterocycles. The summed E-state index contributed by atoms with van der Waals surface area (Å²) in [6.07, 6.45) is 2.59. The number of amides is 1. The summed E-state index contributed by atoms with van der Waals surface area (Å²) in [6, 6.07) is 23.4. The third kappa shape index (κ3) is 6.43. The maximum Gasteiger partial charge on any atom is 0.251 e. The van der Waals surface area contributed by atoms with E-state index in [1.807, 2.05) is 24.3 Å². The first-order valence-electron chi connectivity index (χ1n) is 12.2. The topological polar surface area (TPSA) is 56.1 Å². The fourth-order valence-corrected chi connectivity index (χ4v) is 4.33. The second-order valence-corrected chi connectivity index (χ2v) is 9.37. The summed E-state index contributed by atoms with van der Waals surface area (Å²) in [5, 5.41) is 3.61. The molecule has 1 aromatic heterocycles. The number of para-hydroxylation sites is 3. The molecule has 0 aliphatic carbocycles. The second-order valence-electron chi connectivity index (χ2n) is 8.93. The Morgan fingerprint density at radius 3 is 2.54 bits per heavy atom. The zero-order valence-corrected chi connectivity index (χ0v) is 21.1. The van der Waals surface area contributed by atoms with Gasteiger partial charge >= 0.3 is 0 Å². The highest BCUT2D eigenvalue weighted by atomic mass is 35.5. The van der Waals surface area contributed by atoms with Crippen molar-refractivity contribution in [3.8, 4) is 5.75 Å². The Bertz CT molecular complexity index is 1260. The summed E-state index contributed by atoms with van der Waals surface area (Å²) in [7, 11) is 0. The number of benzene rings is 3. The van der Waals surface area contributed by atoms with Gasteiger partial charge in [0.15, 0.2) is 0 Å². The van der Waals surface area contributed by atoms with Gasteiger partial charge in [-0.1, -0.05) is 55.8 Å². The van der Waals surface area contributed by atoms with Crippen LogP contribution in [-0.2, 0) is 13.0 Å². The molecule has 4 rings (SSSR count). The molecule has 6 heteroatoms. The smallest absolute Gasteiger partial charge is 0.251 e. The number of carbonyl (C=O) groups is 1. The van der Waals surface area contributed by atoms with Crippen LogP contribution < -0.4 is 10.1 Å². The number of halogens is 1. The Balaban J connectivity index is 1.33. The lowest BCUT2D eigenvalue weighted by molar-refractivity contribution is 0.0954. The number of imidazole rings is 1. The van der Waals surface area contributed by atoms with Crippen LogP contribution >= 0.6 is 11.6 Å². The van der Waals surface area contributed by atoms with Gasteiger partial charge in [0.2, 0.25) is 0 Å². The van der Waals surface area contributed by atoms with E-state index in [4.69, 9.17) is 21.3 Å². The summed E-state index contributed by atoms with van der Waals surface area (Å²) in [5.74, 6) is 2.29. The number of fused-ring (bicyclic) bond motifs is 1. The summed E-state index contributed by atoms with van der Waals surface area (Å²) in [5.41, 5.74) is 3.95. The Hall–Kier alpha value is -3.31. The lowest BCUT2D eigenvalue weighted by Gasteiger charge is -2.14. The minimum absolute atomic E-state index is 0.108. The minimum atomic E-state index is -0.108. The number of nitrogens with zero attached hydrogens (tertiary/aromatic N) is 2. The van der Waals surface area contributed by atoms with Gasteiger partial charge in [-0.3, -0.25) is 4.79 Å². The van der Waals surface area contributed by atoms with E-state index >= 15 is 0 Å². The van der Waals surface area contributed by atoms with Crippen molar-refractivity contribution in [1.29, 1.82) is 0 Å². The zero-order valence-electron chi connectivity index (χ0n) is 20.3. The fourth-order valence-electron chi connectivity index (χ4n) is 4.20. The van der Waals surface area contributed by atoms with Gasteiger partial charge in [-0.2, -0.15) is 0 Å². The molecule has 0 aliphatic rings. The standard InChI is InChI=1S/C29H32ClN3O2/c1-21(2)24-9-3-6-12-27(24)35-20-8-7-19-33-26-11-5-4-10-25(26)32-28(33)17-18-31-29(34)22-13-15-23(30)16-14-22/h3-6,9-16,21H,7-8,17-20H2,1-2H3,(H,31,34). The van der Waals surface area contributed by atoms with Crippen molar-refractivity contribution in [3.05, 3.63) is 94.8 Å². The molecule has 0 spiro atoms. The first-order valence-corrected chi connectivity index (χ1v) is 12.6. The van der Waals surface area contributed by atoms with Crippen LogP contribution in [0.25, 0.3) is 11.0 Å². The van der Waals surface area contributed by atoms with E-state index in [2.05, 4.69) is 48.0 Å². The van der Waals surface area contributed by atoms with Crippen LogP contribution in [0.1, 0.15) is 54.4 Å².